The lowest BCUT2D eigenvalue weighted by Crippen LogP contribution is -2.61. The lowest BCUT2D eigenvalue weighted by atomic mass is 9.72. The molecule has 6 atom stereocenters. The molecule has 1 saturated carbocycles. The van der Waals surface area contributed by atoms with Gasteiger partial charge in [0.2, 0.25) is 0 Å². The molecule has 4 aromatic rings. The summed E-state index contributed by atoms with van der Waals surface area (Å²) >= 11 is 0. The molecule has 1 N–H and O–H groups in total. The molecule has 42 heavy (non-hydrogen) atoms. The number of hydrogen-bond donors (Lipinski definition) is 1. The van der Waals surface area contributed by atoms with Gasteiger partial charge in [0.1, 0.15) is 17.6 Å². The van der Waals surface area contributed by atoms with E-state index in [-0.39, 0.29) is 17.9 Å². The molecule has 0 radical (unpaired) electrons. The van der Waals surface area contributed by atoms with E-state index in [4.69, 9.17) is 18.9 Å². The maximum Gasteiger partial charge on any atom is 0.153 e. The zero-order valence-electron chi connectivity index (χ0n) is 24.8. The Morgan fingerprint density at radius 3 is 1.81 bits per heavy atom. The van der Waals surface area contributed by atoms with E-state index < -0.39 is 18.3 Å². The van der Waals surface area contributed by atoms with Crippen molar-refractivity contribution in [3.8, 4) is 11.5 Å². The van der Waals surface area contributed by atoms with Gasteiger partial charge in [-0.05, 0) is 52.3 Å². The van der Waals surface area contributed by atoms with E-state index in [1.165, 1.54) is 0 Å². The Labute approximate surface area is 250 Å². The summed E-state index contributed by atoms with van der Waals surface area (Å²) in [7, 11) is 1.67. The molecule has 0 spiro atoms. The van der Waals surface area contributed by atoms with Crippen LogP contribution >= 0.6 is 0 Å². The van der Waals surface area contributed by atoms with Crippen molar-refractivity contribution in [3.05, 3.63) is 131 Å². The minimum atomic E-state index is -0.712. The fourth-order valence-electron chi connectivity index (χ4n) is 6.07. The first kappa shape index (κ1) is 29.8. The Kier molecular flexibility index (Phi) is 10.3. The van der Waals surface area contributed by atoms with Crippen LogP contribution in [-0.4, -0.2) is 36.6 Å². The van der Waals surface area contributed by atoms with Crippen LogP contribution in [0.2, 0.25) is 0 Å². The third-order valence-corrected chi connectivity index (χ3v) is 8.45. The first-order valence-electron chi connectivity index (χ1n) is 14.9. The average molecular weight is 567 g/mol. The van der Waals surface area contributed by atoms with Crippen LogP contribution in [0.15, 0.2) is 109 Å². The van der Waals surface area contributed by atoms with Gasteiger partial charge in [0, 0.05) is 6.42 Å². The molecule has 5 heteroatoms. The van der Waals surface area contributed by atoms with Gasteiger partial charge < -0.3 is 24.1 Å². The number of benzene rings is 4. The molecule has 1 fully saturated rings. The van der Waals surface area contributed by atoms with Crippen molar-refractivity contribution in [1.82, 2.24) is 0 Å². The van der Waals surface area contributed by atoms with Crippen molar-refractivity contribution in [2.75, 3.05) is 7.11 Å². The molecule has 0 aliphatic heterocycles. The van der Waals surface area contributed by atoms with E-state index in [0.29, 0.717) is 19.6 Å². The van der Waals surface area contributed by atoms with Crippen molar-refractivity contribution in [2.24, 2.45) is 11.8 Å². The van der Waals surface area contributed by atoms with Gasteiger partial charge in [-0.1, -0.05) is 111 Å². The number of rotatable bonds is 12. The first-order valence-corrected chi connectivity index (χ1v) is 14.9. The summed E-state index contributed by atoms with van der Waals surface area (Å²) in [5.41, 5.74) is 4.37. The van der Waals surface area contributed by atoms with Crippen LogP contribution in [0.1, 0.15) is 42.5 Å². The number of aliphatic hydroxyl groups is 1. The number of aliphatic hydroxyl groups excluding tert-OH is 1. The third-order valence-electron chi connectivity index (χ3n) is 8.45. The van der Waals surface area contributed by atoms with Crippen molar-refractivity contribution in [1.29, 1.82) is 0 Å². The second kappa shape index (κ2) is 14.5. The van der Waals surface area contributed by atoms with Crippen LogP contribution < -0.4 is 9.47 Å². The molecule has 0 amide bonds. The molecule has 1 aliphatic rings. The van der Waals surface area contributed by atoms with Crippen molar-refractivity contribution < 1.29 is 24.1 Å². The second-order valence-corrected chi connectivity index (χ2v) is 11.2. The SMILES string of the molecule is CC[C@@H]1[C@@H](C)[C@H](OCc2ccccc2)[C@@H](OCc2ccccc2)[C@H](Oc2ccccc2Cc2ccc(OC)cc2)[C@H]1O. The lowest BCUT2D eigenvalue weighted by Gasteiger charge is -2.48. The van der Waals surface area contributed by atoms with Gasteiger partial charge in [-0.25, -0.2) is 0 Å². The van der Waals surface area contributed by atoms with Crippen LogP contribution in [0.4, 0.5) is 0 Å². The van der Waals surface area contributed by atoms with E-state index in [2.05, 4.69) is 56.3 Å². The summed E-state index contributed by atoms with van der Waals surface area (Å²) in [4.78, 5) is 0. The fourth-order valence-corrected chi connectivity index (χ4v) is 6.07. The monoisotopic (exact) mass is 566 g/mol. The summed E-state index contributed by atoms with van der Waals surface area (Å²) in [5, 5.41) is 11.8. The maximum absolute atomic E-state index is 11.8. The van der Waals surface area contributed by atoms with E-state index >= 15 is 0 Å². The van der Waals surface area contributed by atoms with Gasteiger partial charge >= 0.3 is 0 Å². The average Bonchev–Trinajstić information content (AvgIpc) is 3.03. The quantitative estimate of drug-likeness (QED) is 0.196. The number of methoxy groups -OCH3 is 1. The van der Waals surface area contributed by atoms with E-state index in [9.17, 15) is 5.11 Å². The molecule has 1 aliphatic carbocycles. The molecule has 220 valence electrons. The predicted octanol–water partition coefficient (Wildman–Crippen LogP) is 7.24. The molecule has 5 nitrogen and oxygen atoms in total. The molecule has 0 aromatic heterocycles. The standard InChI is InChI=1S/C37H42O5/c1-4-32-26(2)35(40-24-28-13-7-5-8-14-28)37(41-25-29-15-9-6-10-16-29)36(34(32)38)42-33-18-12-11-17-30(33)23-27-19-21-31(39-3)22-20-27/h5-22,26,32,34-38H,4,23-25H2,1-3H3/t26-,32-,34+,35+,36-,37-/m1/s1. The summed E-state index contributed by atoms with van der Waals surface area (Å²) < 4.78 is 25.4. The van der Waals surface area contributed by atoms with Crippen molar-refractivity contribution in [3.63, 3.8) is 0 Å². The summed E-state index contributed by atoms with van der Waals surface area (Å²) in [6.45, 7) is 5.16. The van der Waals surface area contributed by atoms with Gasteiger partial charge in [0.25, 0.3) is 0 Å². The highest BCUT2D eigenvalue weighted by molar-refractivity contribution is 5.39. The largest absolute Gasteiger partial charge is 0.497 e. The summed E-state index contributed by atoms with van der Waals surface area (Å²) in [6, 6.07) is 36.5. The van der Waals surface area contributed by atoms with Gasteiger partial charge in [-0.2, -0.15) is 0 Å². The maximum atomic E-state index is 11.8. The Morgan fingerprint density at radius 2 is 1.21 bits per heavy atom. The molecule has 0 heterocycles. The van der Waals surface area contributed by atoms with Crippen molar-refractivity contribution >= 4 is 0 Å². The van der Waals surface area contributed by atoms with Crippen molar-refractivity contribution in [2.45, 2.75) is 64.3 Å². The van der Waals surface area contributed by atoms with E-state index in [0.717, 1.165) is 40.2 Å². The zero-order chi connectivity index (χ0) is 29.3. The zero-order valence-corrected chi connectivity index (χ0v) is 24.8. The Bertz CT molecular complexity index is 1360. The molecule has 0 unspecified atom stereocenters. The number of hydrogen-bond acceptors (Lipinski definition) is 5. The number of para-hydroxylation sites is 1. The van der Waals surface area contributed by atoms with E-state index in [1.54, 1.807) is 7.11 Å². The third kappa shape index (κ3) is 7.22. The molecular formula is C37H42O5. The molecular weight excluding hydrogens is 524 g/mol. The number of ether oxygens (including phenoxy) is 4. The minimum absolute atomic E-state index is 0.00102. The molecule has 5 rings (SSSR count). The normalized spacial score (nSPS) is 23.8. The highest BCUT2D eigenvalue weighted by Crippen LogP contribution is 2.39. The second-order valence-electron chi connectivity index (χ2n) is 11.2. The highest BCUT2D eigenvalue weighted by Gasteiger charge is 2.50. The molecule has 0 bridgehead atoms. The summed E-state index contributed by atoms with van der Waals surface area (Å²) in [5.74, 6) is 1.65. The first-order chi connectivity index (χ1) is 20.6. The lowest BCUT2D eigenvalue weighted by molar-refractivity contribution is -0.212. The molecule has 4 aromatic carbocycles. The molecule has 0 saturated heterocycles. The van der Waals surface area contributed by atoms with E-state index in [1.807, 2.05) is 66.7 Å². The van der Waals surface area contributed by atoms with Crippen LogP contribution in [0.3, 0.4) is 0 Å². The Balaban J connectivity index is 1.44. The fraction of sp³-hybridized carbons (Fsp3) is 0.351. The van der Waals surface area contributed by atoms with Gasteiger partial charge in [0.05, 0.1) is 32.5 Å². The highest BCUT2D eigenvalue weighted by atomic mass is 16.6. The summed E-state index contributed by atoms with van der Waals surface area (Å²) in [6.07, 6.45) is -0.548. The predicted molar refractivity (Wildman–Crippen MR) is 166 cm³/mol. The van der Waals surface area contributed by atoms with Gasteiger partial charge in [0.15, 0.2) is 6.10 Å². The van der Waals surface area contributed by atoms with Gasteiger partial charge in [-0.3, -0.25) is 0 Å². The smallest absolute Gasteiger partial charge is 0.153 e. The van der Waals surface area contributed by atoms with Crippen LogP contribution in [0, 0.1) is 11.8 Å². The van der Waals surface area contributed by atoms with Gasteiger partial charge in [-0.15, -0.1) is 0 Å². The Morgan fingerprint density at radius 1 is 0.643 bits per heavy atom. The minimum Gasteiger partial charge on any atom is -0.497 e. The topological polar surface area (TPSA) is 57.2 Å². The van der Waals surface area contributed by atoms with Crippen LogP contribution in [0.25, 0.3) is 0 Å². The Hall–Kier alpha value is -3.64. The van der Waals surface area contributed by atoms with Crippen LogP contribution in [0.5, 0.6) is 11.5 Å². The van der Waals surface area contributed by atoms with Crippen LogP contribution in [-0.2, 0) is 29.1 Å².